The first kappa shape index (κ1) is 12.9. The number of H-pyrrole nitrogens is 1. The minimum absolute atomic E-state index is 0.565. The van der Waals surface area contributed by atoms with Crippen molar-refractivity contribution in [3.8, 4) is 17.1 Å². The second kappa shape index (κ2) is 5.20. The molecule has 4 rings (SSSR count). The lowest BCUT2D eigenvalue weighted by Gasteiger charge is -2.10. The van der Waals surface area contributed by atoms with Crippen LogP contribution < -0.4 is 0 Å². The summed E-state index contributed by atoms with van der Waals surface area (Å²) in [5.74, 6) is 0.759. The van der Waals surface area contributed by atoms with E-state index < -0.39 is 0 Å². The lowest BCUT2D eigenvalue weighted by molar-refractivity contribution is 1.04. The Labute approximate surface area is 132 Å². The van der Waals surface area contributed by atoms with Gasteiger partial charge in [-0.1, -0.05) is 36.4 Å². The molecule has 2 aromatic heterocycles. The maximum atomic E-state index is 5.44. The number of nitrogens with one attached hydrogen (secondary N) is 1. The lowest BCUT2D eigenvalue weighted by atomic mass is 10.1. The summed E-state index contributed by atoms with van der Waals surface area (Å²) < 4.78 is 2.52. The third-order valence-electron chi connectivity index (χ3n) is 3.60. The van der Waals surface area contributed by atoms with E-state index in [1.807, 2.05) is 41.0 Å². The van der Waals surface area contributed by atoms with E-state index in [2.05, 4.69) is 33.4 Å². The van der Waals surface area contributed by atoms with Crippen molar-refractivity contribution in [1.82, 2.24) is 19.7 Å². The fraction of sp³-hybridized carbons (Fsp3) is 0. The van der Waals surface area contributed by atoms with Gasteiger partial charge in [0.15, 0.2) is 10.6 Å². The predicted octanol–water partition coefficient (Wildman–Crippen LogP) is 4.15. The number of aromatic amines is 1. The monoisotopic (exact) mass is 304 g/mol. The zero-order chi connectivity index (χ0) is 14.9. The van der Waals surface area contributed by atoms with Crippen molar-refractivity contribution < 1.29 is 0 Å². The zero-order valence-electron chi connectivity index (χ0n) is 11.6. The quantitative estimate of drug-likeness (QED) is 0.566. The van der Waals surface area contributed by atoms with E-state index >= 15 is 0 Å². The van der Waals surface area contributed by atoms with Gasteiger partial charge < -0.3 is 0 Å². The first-order valence-corrected chi connectivity index (χ1v) is 7.31. The predicted molar refractivity (Wildman–Crippen MR) is 89.5 cm³/mol. The molecule has 0 aliphatic carbocycles. The SMILES string of the molecule is S=c1[nH]nc(-c2cccnc2)n1-c1cccc2ccccc12. The second-order valence-electron chi connectivity index (χ2n) is 4.93. The Morgan fingerprint density at radius 1 is 0.955 bits per heavy atom. The highest BCUT2D eigenvalue weighted by atomic mass is 32.1. The van der Waals surface area contributed by atoms with Crippen molar-refractivity contribution in [2.24, 2.45) is 0 Å². The van der Waals surface area contributed by atoms with E-state index in [9.17, 15) is 0 Å². The molecule has 0 saturated carbocycles. The summed E-state index contributed by atoms with van der Waals surface area (Å²) in [6, 6.07) is 18.3. The van der Waals surface area contributed by atoms with Crippen molar-refractivity contribution >= 4 is 23.0 Å². The maximum absolute atomic E-state index is 5.44. The summed E-state index contributed by atoms with van der Waals surface area (Å²) in [7, 11) is 0. The van der Waals surface area contributed by atoms with Crippen LogP contribution in [0.1, 0.15) is 0 Å². The van der Waals surface area contributed by atoms with Gasteiger partial charge in [0.2, 0.25) is 0 Å². The van der Waals surface area contributed by atoms with Gasteiger partial charge in [-0.3, -0.25) is 14.6 Å². The van der Waals surface area contributed by atoms with E-state index in [1.54, 1.807) is 12.4 Å². The van der Waals surface area contributed by atoms with Crippen molar-refractivity contribution in [2.45, 2.75) is 0 Å². The van der Waals surface area contributed by atoms with E-state index in [4.69, 9.17) is 12.2 Å². The summed E-state index contributed by atoms with van der Waals surface area (Å²) in [6.07, 6.45) is 3.53. The van der Waals surface area contributed by atoms with Crippen LogP contribution in [-0.4, -0.2) is 19.7 Å². The van der Waals surface area contributed by atoms with Gasteiger partial charge in [0.05, 0.1) is 5.69 Å². The number of rotatable bonds is 2. The number of fused-ring (bicyclic) bond motifs is 1. The highest BCUT2D eigenvalue weighted by Crippen LogP contribution is 2.26. The zero-order valence-corrected chi connectivity index (χ0v) is 12.4. The van der Waals surface area contributed by atoms with Gasteiger partial charge in [-0.2, -0.15) is 5.10 Å². The first-order chi connectivity index (χ1) is 10.8. The van der Waals surface area contributed by atoms with E-state index in [-0.39, 0.29) is 0 Å². The number of hydrogen-bond acceptors (Lipinski definition) is 3. The van der Waals surface area contributed by atoms with Crippen LogP contribution in [0.4, 0.5) is 0 Å². The molecular formula is C17H12N4S. The van der Waals surface area contributed by atoms with Gasteiger partial charge in [0, 0.05) is 23.3 Å². The van der Waals surface area contributed by atoms with E-state index in [0.717, 1.165) is 22.5 Å². The molecule has 5 heteroatoms. The standard InChI is InChI=1S/C17H12N4S/c22-17-20-19-16(13-7-4-10-18-11-13)21(17)15-9-3-6-12-5-1-2-8-14(12)15/h1-11H,(H,20,22). The van der Waals surface area contributed by atoms with Gasteiger partial charge in [-0.25, -0.2) is 0 Å². The van der Waals surface area contributed by atoms with Crippen molar-refractivity contribution in [1.29, 1.82) is 0 Å². The Balaban J connectivity index is 2.04. The summed E-state index contributed by atoms with van der Waals surface area (Å²) in [5.41, 5.74) is 1.93. The number of hydrogen-bond donors (Lipinski definition) is 1. The van der Waals surface area contributed by atoms with Crippen molar-refractivity contribution in [3.05, 3.63) is 71.8 Å². The molecule has 0 radical (unpaired) electrons. The summed E-state index contributed by atoms with van der Waals surface area (Å²) >= 11 is 5.44. The number of aromatic nitrogens is 4. The maximum Gasteiger partial charge on any atom is 0.200 e. The molecule has 2 heterocycles. The summed E-state index contributed by atoms with van der Waals surface area (Å²) in [4.78, 5) is 4.17. The number of pyridine rings is 1. The molecule has 106 valence electrons. The largest absolute Gasteiger partial charge is 0.267 e. The summed E-state index contributed by atoms with van der Waals surface area (Å²) in [6.45, 7) is 0. The highest BCUT2D eigenvalue weighted by Gasteiger charge is 2.12. The normalized spacial score (nSPS) is 10.9. The topological polar surface area (TPSA) is 46.5 Å². The number of nitrogens with zero attached hydrogens (tertiary/aromatic N) is 3. The van der Waals surface area contributed by atoms with Crippen LogP contribution in [0.2, 0.25) is 0 Å². The van der Waals surface area contributed by atoms with Crippen molar-refractivity contribution in [2.75, 3.05) is 0 Å². The van der Waals surface area contributed by atoms with Crippen LogP contribution in [-0.2, 0) is 0 Å². The molecule has 0 amide bonds. The Bertz CT molecular complexity index is 997. The third kappa shape index (κ3) is 2.03. The van der Waals surface area contributed by atoms with Crippen LogP contribution in [0, 0.1) is 4.77 Å². The average Bonchev–Trinajstić information content (AvgIpc) is 2.96. The third-order valence-corrected chi connectivity index (χ3v) is 3.87. The molecule has 4 aromatic rings. The molecule has 1 N–H and O–H groups in total. The molecule has 2 aromatic carbocycles. The molecule has 0 bridgehead atoms. The van der Waals surface area contributed by atoms with Crippen LogP contribution in [0.15, 0.2) is 67.0 Å². The molecule has 0 fully saturated rings. The first-order valence-electron chi connectivity index (χ1n) is 6.90. The molecule has 0 aliphatic heterocycles. The Kier molecular flexibility index (Phi) is 3.05. The smallest absolute Gasteiger partial charge is 0.200 e. The Morgan fingerprint density at radius 3 is 2.68 bits per heavy atom. The molecule has 22 heavy (non-hydrogen) atoms. The Hall–Kier alpha value is -2.79. The fourth-order valence-corrected chi connectivity index (χ4v) is 2.84. The van der Waals surface area contributed by atoms with Gasteiger partial charge in [-0.15, -0.1) is 0 Å². The van der Waals surface area contributed by atoms with E-state index in [1.165, 1.54) is 5.39 Å². The Morgan fingerprint density at radius 2 is 1.82 bits per heavy atom. The molecule has 0 unspecified atom stereocenters. The van der Waals surface area contributed by atoms with Gasteiger partial charge >= 0.3 is 0 Å². The summed E-state index contributed by atoms with van der Waals surface area (Å²) in [5, 5.41) is 9.56. The van der Waals surface area contributed by atoms with E-state index in [0.29, 0.717) is 4.77 Å². The molecule has 0 spiro atoms. The number of benzene rings is 2. The van der Waals surface area contributed by atoms with Crippen LogP contribution in [0.5, 0.6) is 0 Å². The minimum Gasteiger partial charge on any atom is -0.267 e. The lowest BCUT2D eigenvalue weighted by Crippen LogP contribution is -1.99. The van der Waals surface area contributed by atoms with Gasteiger partial charge in [0.1, 0.15) is 0 Å². The van der Waals surface area contributed by atoms with Crippen molar-refractivity contribution in [3.63, 3.8) is 0 Å². The minimum atomic E-state index is 0.565. The van der Waals surface area contributed by atoms with Crippen LogP contribution in [0.3, 0.4) is 0 Å². The van der Waals surface area contributed by atoms with Crippen LogP contribution in [0.25, 0.3) is 27.8 Å². The second-order valence-corrected chi connectivity index (χ2v) is 5.31. The van der Waals surface area contributed by atoms with Gasteiger partial charge in [-0.05, 0) is 35.8 Å². The molecule has 0 aliphatic rings. The molecular weight excluding hydrogens is 292 g/mol. The molecule has 0 saturated heterocycles. The van der Waals surface area contributed by atoms with Gasteiger partial charge in [0.25, 0.3) is 0 Å². The average molecular weight is 304 g/mol. The highest BCUT2D eigenvalue weighted by molar-refractivity contribution is 7.71. The molecule has 0 atom stereocenters. The molecule has 4 nitrogen and oxygen atoms in total. The van der Waals surface area contributed by atoms with Crippen LogP contribution >= 0.6 is 12.2 Å². The fourth-order valence-electron chi connectivity index (χ4n) is 2.61.